The summed E-state index contributed by atoms with van der Waals surface area (Å²) in [4.78, 5) is 14.5. The van der Waals surface area contributed by atoms with Crippen LogP contribution in [0.4, 0.5) is 0 Å². The number of amides is 1. The highest BCUT2D eigenvalue weighted by molar-refractivity contribution is 5.92. The zero-order valence-electron chi connectivity index (χ0n) is 15.0. The zero-order valence-corrected chi connectivity index (χ0v) is 15.0. The van der Waals surface area contributed by atoms with Crippen LogP contribution in [0.1, 0.15) is 71.4 Å². The summed E-state index contributed by atoms with van der Waals surface area (Å²) in [6.07, 6.45) is 5.59. The van der Waals surface area contributed by atoms with Crippen LogP contribution in [0, 0.1) is 0 Å². The fourth-order valence-corrected chi connectivity index (χ4v) is 2.51. The molecule has 2 unspecified atom stereocenters. The molecule has 0 aliphatic carbocycles. The fraction of sp³-hybridized carbons (Fsp3) is 0.550. The Kier molecular flexibility index (Phi) is 7.37. The zero-order chi connectivity index (χ0) is 16.7. The molecule has 22 heavy (non-hydrogen) atoms. The van der Waals surface area contributed by atoms with Gasteiger partial charge in [0.1, 0.15) is 0 Å². The Bertz CT molecular complexity index is 477. The lowest BCUT2D eigenvalue weighted by Crippen LogP contribution is -2.43. The highest BCUT2D eigenvalue weighted by atomic mass is 16.2. The number of hydrogen-bond acceptors (Lipinski definition) is 1. The molecule has 0 fully saturated rings. The predicted octanol–water partition coefficient (Wildman–Crippen LogP) is 5.25. The van der Waals surface area contributed by atoms with Crippen LogP contribution in [0.2, 0.25) is 0 Å². The third-order valence-corrected chi connectivity index (χ3v) is 4.41. The first-order valence-electron chi connectivity index (χ1n) is 8.50. The second-order valence-corrected chi connectivity index (χ2v) is 6.41. The summed E-state index contributed by atoms with van der Waals surface area (Å²) in [5.74, 6) is 0.641. The van der Waals surface area contributed by atoms with Gasteiger partial charge in [-0.05, 0) is 49.8 Å². The van der Waals surface area contributed by atoms with Gasteiger partial charge < -0.3 is 4.90 Å². The highest BCUT2D eigenvalue weighted by Crippen LogP contribution is 2.16. The van der Waals surface area contributed by atoms with Crippen molar-refractivity contribution in [3.8, 4) is 0 Å². The largest absolute Gasteiger partial charge is 0.334 e. The molecule has 0 radical (unpaired) electrons. The summed E-state index contributed by atoms with van der Waals surface area (Å²) in [6.45, 7) is 12.9. The van der Waals surface area contributed by atoms with Crippen molar-refractivity contribution < 1.29 is 4.79 Å². The number of hydrogen-bond donors (Lipinski definition) is 0. The van der Waals surface area contributed by atoms with Crippen molar-refractivity contribution in [3.63, 3.8) is 0 Å². The predicted molar refractivity (Wildman–Crippen MR) is 95.9 cm³/mol. The van der Waals surface area contributed by atoms with E-state index < -0.39 is 0 Å². The molecule has 1 amide bonds. The molecule has 1 rings (SSSR count). The van der Waals surface area contributed by atoms with Crippen molar-refractivity contribution in [3.05, 3.63) is 41.5 Å². The Morgan fingerprint density at radius 1 is 1.00 bits per heavy atom. The van der Waals surface area contributed by atoms with E-state index in [1.54, 1.807) is 6.08 Å². The van der Waals surface area contributed by atoms with Gasteiger partial charge in [0.25, 0.3) is 0 Å². The molecular formula is C20H31NO. The number of carbonyl (C=O) groups excluding carboxylic acids is 1. The topological polar surface area (TPSA) is 20.3 Å². The minimum Gasteiger partial charge on any atom is -0.334 e. The van der Waals surface area contributed by atoms with E-state index in [4.69, 9.17) is 0 Å². The van der Waals surface area contributed by atoms with Gasteiger partial charge >= 0.3 is 0 Å². The highest BCUT2D eigenvalue weighted by Gasteiger charge is 2.21. The third-order valence-electron chi connectivity index (χ3n) is 4.41. The molecular weight excluding hydrogens is 270 g/mol. The SMILES string of the molecule is CCC(C)N(C(=O)C=Cc1ccc(C(C)C)cc1)C(C)CC. The molecule has 2 heteroatoms. The Hall–Kier alpha value is -1.57. The maximum atomic E-state index is 12.5. The van der Waals surface area contributed by atoms with Gasteiger partial charge in [-0.15, -0.1) is 0 Å². The molecule has 0 saturated heterocycles. The van der Waals surface area contributed by atoms with E-state index in [0.29, 0.717) is 5.92 Å². The van der Waals surface area contributed by atoms with E-state index in [1.165, 1.54) is 5.56 Å². The van der Waals surface area contributed by atoms with Gasteiger partial charge in [0, 0.05) is 18.2 Å². The number of carbonyl (C=O) groups is 1. The maximum Gasteiger partial charge on any atom is 0.247 e. The monoisotopic (exact) mass is 301 g/mol. The summed E-state index contributed by atoms with van der Waals surface area (Å²) in [5.41, 5.74) is 2.40. The molecule has 2 nitrogen and oxygen atoms in total. The van der Waals surface area contributed by atoms with E-state index in [1.807, 2.05) is 11.0 Å². The average molecular weight is 301 g/mol. The lowest BCUT2D eigenvalue weighted by atomic mass is 10.0. The first kappa shape index (κ1) is 18.5. The van der Waals surface area contributed by atoms with E-state index in [-0.39, 0.29) is 18.0 Å². The first-order chi connectivity index (χ1) is 10.4. The average Bonchev–Trinajstić information content (AvgIpc) is 2.52. The Morgan fingerprint density at radius 3 is 1.91 bits per heavy atom. The Balaban J connectivity index is 2.83. The molecule has 0 aliphatic heterocycles. The van der Waals surface area contributed by atoms with Crippen LogP contribution < -0.4 is 0 Å². The third kappa shape index (κ3) is 5.01. The van der Waals surface area contributed by atoms with Crippen molar-refractivity contribution in [2.75, 3.05) is 0 Å². The van der Waals surface area contributed by atoms with Crippen molar-refractivity contribution >= 4 is 12.0 Å². The number of benzene rings is 1. The Morgan fingerprint density at radius 2 is 1.50 bits per heavy atom. The summed E-state index contributed by atoms with van der Waals surface area (Å²) in [5, 5.41) is 0. The van der Waals surface area contributed by atoms with Crippen molar-refractivity contribution in [1.29, 1.82) is 0 Å². The minimum absolute atomic E-state index is 0.108. The van der Waals surface area contributed by atoms with Crippen LogP contribution in [-0.4, -0.2) is 22.9 Å². The molecule has 0 aromatic heterocycles. The molecule has 0 bridgehead atoms. The van der Waals surface area contributed by atoms with Gasteiger partial charge in [0.2, 0.25) is 5.91 Å². The molecule has 0 aliphatic rings. The standard InChI is InChI=1S/C20H31NO/c1-7-16(5)21(17(6)8-2)20(22)14-11-18-9-12-19(13-10-18)15(3)4/h9-17H,7-8H2,1-6H3. The van der Waals surface area contributed by atoms with E-state index in [0.717, 1.165) is 18.4 Å². The Labute approximate surface area is 136 Å². The molecule has 1 aromatic rings. The van der Waals surface area contributed by atoms with Crippen molar-refractivity contribution in [1.82, 2.24) is 4.90 Å². The second kappa shape index (κ2) is 8.77. The van der Waals surface area contributed by atoms with E-state index in [9.17, 15) is 4.79 Å². The summed E-state index contributed by atoms with van der Waals surface area (Å²) >= 11 is 0. The second-order valence-electron chi connectivity index (χ2n) is 6.41. The van der Waals surface area contributed by atoms with E-state index >= 15 is 0 Å². The van der Waals surface area contributed by atoms with Gasteiger partial charge in [-0.2, -0.15) is 0 Å². The van der Waals surface area contributed by atoms with Gasteiger partial charge in [-0.3, -0.25) is 4.79 Å². The van der Waals surface area contributed by atoms with Crippen molar-refractivity contribution in [2.45, 2.75) is 72.4 Å². The van der Waals surface area contributed by atoms with Gasteiger partial charge in [-0.1, -0.05) is 52.0 Å². The number of nitrogens with zero attached hydrogens (tertiary/aromatic N) is 1. The fourth-order valence-electron chi connectivity index (χ4n) is 2.51. The van der Waals surface area contributed by atoms with Gasteiger partial charge in [0.15, 0.2) is 0 Å². The molecule has 0 spiro atoms. The van der Waals surface area contributed by atoms with Crippen LogP contribution in [0.25, 0.3) is 6.08 Å². The van der Waals surface area contributed by atoms with Crippen LogP contribution in [0.3, 0.4) is 0 Å². The summed E-state index contributed by atoms with van der Waals surface area (Å²) in [6, 6.07) is 8.98. The molecule has 0 saturated carbocycles. The minimum atomic E-state index is 0.108. The smallest absolute Gasteiger partial charge is 0.247 e. The normalized spacial score (nSPS) is 14.3. The quantitative estimate of drug-likeness (QED) is 0.630. The molecule has 1 aromatic carbocycles. The van der Waals surface area contributed by atoms with Crippen LogP contribution >= 0.6 is 0 Å². The van der Waals surface area contributed by atoms with Gasteiger partial charge in [-0.25, -0.2) is 0 Å². The lowest BCUT2D eigenvalue weighted by Gasteiger charge is -2.33. The maximum absolute atomic E-state index is 12.5. The molecule has 2 atom stereocenters. The van der Waals surface area contributed by atoms with Crippen LogP contribution in [-0.2, 0) is 4.79 Å². The van der Waals surface area contributed by atoms with Crippen LogP contribution in [0.5, 0.6) is 0 Å². The number of rotatable bonds is 7. The molecule has 0 N–H and O–H groups in total. The summed E-state index contributed by atoms with van der Waals surface area (Å²) in [7, 11) is 0. The molecule has 122 valence electrons. The van der Waals surface area contributed by atoms with E-state index in [2.05, 4.69) is 65.8 Å². The first-order valence-corrected chi connectivity index (χ1v) is 8.50. The molecule has 0 heterocycles. The summed E-state index contributed by atoms with van der Waals surface area (Å²) < 4.78 is 0. The van der Waals surface area contributed by atoms with Crippen molar-refractivity contribution in [2.24, 2.45) is 0 Å². The van der Waals surface area contributed by atoms with Gasteiger partial charge in [0.05, 0.1) is 0 Å². The lowest BCUT2D eigenvalue weighted by molar-refractivity contribution is -0.130. The van der Waals surface area contributed by atoms with Crippen LogP contribution in [0.15, 0.2) is 30.3 Å².